The second kappa shape index (κ2) is 6.20. The highest BCUT2D eigenvalue weighted by atomic mass is 16.4. The molecule has 1 fully saturated rings. The van der Waals surface area contributed by atoms with Crippen LogP contribution in [0, 0.1) is 19.8 Å². The van der Waals surface area contributed by atoms with Crippen molar-refractivity contribution in [3.63, 3.8) is 0 Å². The summed E-state index contributed by atoms with van der Waals surface area (Å²) in [4.78, 5) is 13.3. The number of carboxylic acids is 1. The van der Waals surface area contributed by atoms with E-state index < -0.39 is 5.97 Å². The van der Waals surface area contributed by atoms with Gasteiger partial charge in [0.05, 0.1) is 5.92 Å². The summed E-state index contributed by atoms with van der Waals surface area (Å²) in [7, 11) is 0. The molecule has 0 saturated carbocycles. The minimum Gasteiger partial charge on any atom is -0.481 e. The Morgan fingerprint density at radius 3 is 2.89 bits per heavy atom. The molecule has 3 nitrogen and oxygen atoms in total. The van der Waals surface area contributed by atoms with Gasteiger partial charge in [-0.3, -0.25) is 4.79 Å². The van der Waals surface area contributed by atoms with Gasteiger partial charge < -0.3 is 10.0 Å². The van der Waals surface area contributed by atoms with E-state index in [2.05, 4.69) is 36.9 Å². The van der Waals surface area contributed by atoms with E-state index in [-0.39, 0.29) is 5.92 Å². The van der Waals surface area contributed by atoms with E-state index in [4.69, 9.17) is 5.11 Å². The fraction of sp³-hybridized carbons (Fsp3) is 0.562. The molecule has 1 aromatic carbocycles. The average Bonchev–Trinajstić information content (AvgIpc) is 2.38. The molecule has 1 saturated heterocycles. The molecule has 2 rings (SSSR count). The first-order valence-electron chi connectivity index (χ1n) is 7.07. The summed E-state index contributed by atoms with van der Waals surface area (Å²) < 4.78 is 0. The first-order valence-corrected chi connectivity index (χ1v) is 7.07. The predicted octanol–water partition coefficient (Wildman–Crippen LogP) is 2.64. The van der Waals surface area contributed by atoms with E-state index in [9.17, 15) is 4.79 Å². The number of hydrogen-bond acceptors (Lipinski definition) is 2. The van der Waals surface area contributed by atoms with Gasteiger partial charge in [0.1, 0.15) is 0 Å². The van der Waals surface area contributed by atoms with Crippen molar-refractivity contribution in [3.8, 4) is 0 Å². The molecular formula is C16H23NO2. The lowest BCUT2D eigenvalue weighted by atomic mass is 9.97. The van der Waals surface area contributed by atoms with E-state index in [1.165, 1.54) is 16.7 Å². The number of nitrogens with zero attached hydrogens (tertiary/aromatic N) is 1. The second-order valence-electron chi connectivity index (χ2n) is 5.66. The quantitative estimate of drug-likeness (QED) is 0.906. The lowest BCUT2D eigenvalue weighted by Gasteiger charge is -2.30. The van der Waals surface area contributed by atoms with Crippen molar-refractivity contribution in [3.05, 3.63) is 34.9 Å². The molecule has 1 aromatic rings. The van der Waals surface area contributed by atoms with E-state index in [0.29, 0.717) is 6.54 Å². The van der Waals surface area contributed by atoms with Gasteiger partial charge in [0.15, 0.2) is 0 Å². The van der Waals surface area contributed by atoms with Gasteiger partial charge in [0.2, 0.25) is 0 Å². The largest absolute Gasteiger partial charge is 0.481 e. The van der Waals surface area contributed by atoms with Crippen molar-refractivity contribution in [2.45, 2.75) is 33.1 Å². The summed E-state index contributed by atoms with van der Waals surface area (Å²) in [5, 5.41) is 9.09. The molecule has 1 aliphatic rings. The number of rotatable bonds is 4. The summed E-state index contributed by atoms with van der Waals surface area (Å²) in [6.07, 6.45) is 2.84. The fourth-order valence-corrected chi connectivity index (χ4v) is 2.87. The minimum absolute atomic E-state index is 0.173. The topological polar surface area (TPSA) is 40.5 Å². The molecule has 0 amide bonds. The van der Waals surface area contributed by atoms with E-state index in [1.807, 2.05) is 0 Å². The van der Waals surface area contributed by atoms with Crippen molar-refractivity contribution in [2.24, 2.45) is 5.92 Å². The van der Waals surface area contributed by atoms with Gasteiger partial charge in [-0.1, -0.05) is 23.8 Å². The number of hydrogen-bond donors (Lipinski definition) is 1. The molecule has 3 heteroatoms. The summed E-state index contributed by atoms with van der Waals surface area (Å²) in [6.45, 7) is 6.97. The van der Waals surface area contributed by atoms with Gasteiger partial charge in [-0.25, -0.2) is 0 Å². The number of carbonyl (C=O) groups is 1. The van der Waals surface area contributed by atoms with Gasteiger partial charge in [0.25, 0.3) is 0 Å². The second-order valence-corrected chi connectivity index (χ2v) is 5.66. The first kappa shape index (κ1) is 14.1. The molecule has 0 aromatic heterocycles. The minimum atomic E-state index is -0.642. The van der Waals surface area contributed by atoms with Gasteiger partial charge in [0, 0.05) is 13.1 Å². The number of benzene rings is 1. The number of aliphatic carboxylic acids is 1. The van der Waals surface area contributed by atoms with Gasteiger partial charge in [-0.2, -0.15) is 0 Å². The molecule has 0 bridgehead atoms. The van der Waals surface area contributed by atoms with Crippen LogP contribution in [0.4, 0.5) is 0 Å². The third-order valence-corrected chi connectivity index (χ3v) is 4.05. The Hall–Kier alpha value is -1.35. The van der Waals surface area contributed by atoms with Crippen LogP contribution in [0.2, 0.25) is 0 Å². The SMILES string of the molecule is Cc1ccc(CCN2CCCC(C(=O)O)C2)c(C)c1. The standard InChI is InChI=1S/C16H23NO2/c1-12-5-6-14(13(2)10-12)7-9-17-8-3-4-15(11-17)16(18)19/h5-6,10,15H,3-4,7-9,11H2,1-2H3,(H,18,19). The normalized spacial score (nSPS) is 20.4. The van der Waals surface area contributed by atoms with Crippen LogP contribution in [0.15, 0.2) is 18.2 Å². The molecule has 0 spiro atoms. The molecule has 0 radical (unpaired) electrons. The number of piperidine rings is 1. The van der Waals surface area contributed by atoms with E-state index >= 15 is 0 Å². The van der Waals surface area contributed by atoms with E-state index in [0.717, 1.165) is 32.4 Å². The molecule has 104 valence electrons. The van der Waals surface area contributed by atoms with Crippen LogP contribution in [0.5, 0.6) is 0 Å². The Labute approximate surface area is 115 Å². The van der Waals surface area contributed by atoms with Crippen LogP contribution in [0.3, 0.4) is 0 Å². The van der Waals surface area contributed by atoms with Crippen molar-refractivity contribution < 1.29 is 9.90 Å². The molecule has 1 N–H and O–H groups in total. The van der Waals surface area contributed by atoms with Crippen LogP contribution in [-0.2, 0) is 11.2 Å². The van der Waals surface area contributed by atoms with Crippen molar-refractivity contribution in [1.29, 1.82) is 0 Å². The Morgan fingerprint density at radius 2 is 2.21 bits per heavy atom. The molecular weight excluding hydrogens is 238 g/mol. The number of carboxylic acid groups (broad SMARTS) is 1. The van der Waals surface area contributed by atoms with Crippen LogP contribution in [-0.4, -0.2) is 35.6 Å². The monoisotopic (exact) mass is 261 g/mol. The Morgan fingerprint density at radius 1 is 1.42 bits per heavy atom. The van der Waals surface area contributed by atoms with Gasteiger partial charge >= 0.3 is 5.97 Å². The molecule has 1 unspecified atom stereocenters. The Kier molecular flexibility index (Phi) is 4.59. The average molecular weight is 261 g/mol. The molecule has 1 atom stereocenters. The van der Waals surface area contributed by atoms with Crippen molar-refractivity contribution in [2.75, 3.05) is 19.6 Å². The number of aryl methyl sites for hydroxylation is 2. The van der Waals surface area contributed by atoms with Crippen molar-refractivity contribution >= 4 is 5.97 Å². The fourth-order valence-electron chi connectivity index (χ4n) is 2.87. The van der Waals surface area contributed by atoms with Crippen molar-refractivity contribution in [1.82, 2.24) is 4.90 Å². The van der Waals surface area contributed by atoms with Crippen LogP contribution < -0.4 is 0 Å². The molecule has 19 heavy (non-hydrogen) atoms. The maximum atomic E-state index is 11.0. The third-order valence-electron chi connectivity index (χ3n) is 4.05. The lowest BCUT2D eigenvalue weighted by molar-refractivity contribution is -0.143. The maximum Gasteiger partial charge on any atom is 0.307 e. The Balaban J connectivity index is 1.89. The van der Waals surface area contributed by atoms with Crippen LogP contribution in [0.25, 0.3) is 0 Å². The summed E-state index contributed by atoms with van der Waals surface area (Å²) >= 11 is 0. The number of likely N-dealkylation sites (tertiary alicyclic amines) is 1. The van der Waals surface area contributed by atoms with Crippen LogP contribution in [0.1, 0.15) is 29.5 Å². The summed E-state index contributed by atoms with van der Waals surface area (Å²) in [6, 6.07) is 6.56. The lowest BCUT2D eigenvalue weighted by Crippen LogP contribution is -2.39. The summed E-state index contributed by atoms with van der Waals surface area (Å²) in [5.74, 6) is -0.816. The molecule has 0 aliphatic carbocycles. The van der Waals surface area contributed by atoms with E-state index in [1.54, 1.807) is 0 Å². The molecule has 1 heterocycles. The predicted molar refractivity (Wildman–Crippen MR) is 76.4 cm³/mol. The first-order chi connectivity index (χ1) is 9.06. The smallest absolute Gasteiger partial charge is 0.307 e. The Bertz CT molecular complexity index is 456. The zero-order valence-electron chi connectivity index (χ0n) is 11.9. The zero-order valence-corrected chi connectivity index (χ0v) is 11.9. The van der Waals surface area contributed by atoms with Crippen LogP contribution >= 0.6 is 0 Å². The molecule has 1 aliphatic heterocycles. The van der Waals surface area contributed by atoms with Gasteiger partial charge in [-0.05, 0) is 50.8 Å². The highest BCUT2D eigenvalue weighted by Crippen LogP contribution is 2.18. The highest BCUT2D eigenvalue weighted by Gasteiger charge is 2.24. The highest BCUT2D eigenvalue weighted by molar-refractivity contribution is 5.70. The zero-order chi connectivity index (χ0) is 13.8. The van der Waals surface area contributed by atoms with Gasteiger partial charge in [-0.15, -0.1) is 0 Å². The summed E-state index contributed by atoms with van der Waals surface area (Å²) in [5.41, 5.74) is 4.01. The maximum absolute atomic E-state index is 11.0. The third kappa shape index (κ3) is 3.80.